The van der Waals surface area contributed by atoms with Gasteiger partial charge < -0.3 is 15.7 Å². The van der Waals surface area contributed by atoms with Gasteiger partial charge >= 0.3 is 0 Å². The van der Waals surface area contributed by atoms with E-state index < -0.39 is 17.8 Å². The number of aliphatic hydroxyl groups is 1. The molecule has 206 valence electrons. The van der Waals surface area contributed by atoms with E-state index in [4.69, 9.17) is 10.7 Å². The second-order valence-electron chi connectivity index (χ2n) is 10.6. The van der Waals surface area contributed by atoms with Crippen molar-refractivity contribution >= 4 is 17.2 Å². The Labute approximate surface area is 228 Å². The molecule has 1 amide bonds. The molecule has 2 aliphatic rings. The van der Waals surface area contributed by atoms with Crippen molar-refractivity contribution in [3.8, 4) is 11.3 Å². The van der Waals surface area contributed by atoms with Crippen LogP contribution in [0.4, 0.5) is 19.0 Å². The van der Waals surface area contributed by atoms with E-state index in [1.807, 2.05) is 15.4 Å². The first-order valence-corrected chi connectivity index (χ1v) is 13.1. The fraction of sp³-hybridized carbons (Fsp3) is 0.300. The van der Waals surface area contributed by atoms with Gasteiger partial charge in [0.25, 0.3) is 6.43 Å². The predicted octanol–water partition coefficient (Wildman–Crippen LogP) is 5.35. The van der Waals surface area contributed by atoms with E-state index in [2.05, 4.69) is 11.1 Å². The van der Waals surface area contributed by atoms with Gasteiger partial charge in [0.1, 0.15) is 34.3 Å². The molecule has 1 saturated heterocycles. The molecule has 2 aromatic heterocycles. The quantitative estimate of drug-likeness (QED) is 0.329. The van der Waals surface area contributed by atoms with E-state index in [-0.39, 0.29) is 45.9 Å². The number of nitrogens with zero attached hydrogens (tertiary/aromatic N) is 4. The fourth-order valence-electron chi connectivity index (χ4n) is 5.85. The lowest BCUT2D eigenvalue weighted by molar-refractivity contribution is -0.133. The molecule has 0 saturated carbocycles. The Morgan fingerprint density at radius 3 is 2.73 bits per heavy atom. The van der Waals surface area contributed by atoms with Gasteiger partial charge in [0, 0.05) is 42.4 Å². The summed E-state index contributed by atoms with van der Waals surface area (Å²) in [4.78, 5) is 23.5. The molecule has 1 unspecified atom stereocenters. The number of aromatic nitrogens is 3. The van der Waals surface area contributed by atoms with Crippen molar-refractivity contribution in [2.75, 3.05) is 12.3 Å². The zero-order valence-electron chi connectivity index (χ0n) is 21.8. The highest BCUT2D eigenvalue weighted by Crippen LogP contribution is 2.39. The van der Waals surface area contributed by atoms with E-state index >= 15 is 4.39 Å². The van der Waals surface area contributed by atoms with Gasteiger partial charge in [0.2, 0.25) is 5.91 Å². The maximum absolute atomic E-state index is 15.8. The SMILES string of the molecule is CC(O)(c1cccc(C(F)F)c1)c1ccc(-c2nc([C@@H]3CC[C@H]4C=CCC(=O)N4C3)n3ccnc(N)c23)c(F)c1. The third-order valence-corrected chi connectivity index (χ3v) is 8.06. The number of benzene rings is 2. The number of rotatable bonds is 5. The summed E-state index contributed by atoms with van der Waals surface area (Å²) in [6.45, 7) is 1.93. The Morgan fingerprint density at radius 2 is 1.95 bits per heavy atom. The number of halogens is 3. The monoisotopic (exact) mass is 547 g/mol. The Bertz CT molecular complexity index is 1650. The molecule has 10 heteroatoms. The van der Waals surface area contributed by atoms with Crippen molar-refractivity contribution in [2.24, 2.45) is 0 Å². The van der Waals surface area contributed by atoms with Crippen LogP contribution in [-0.2, 0) is 10.4 Å². The number of amides is 1. The molecule has 2 aromatic carbocycles. The Kier molecular flexibility index (Phi) is 6.37. The first kappa shape index (κ1) is 26.1. The average molecular weight is 548 g/mol. The summed E-state index contributed by atoms with van der Waals surface area (Å²) in [5, 5.41) is 11.3. The predicted molar refractivity (Wildman–Crippen MR) is 144 cm³/mol. The van der Waals surface area contributed by atoms with Crippen LogP contribution in [0.5, 0.6) is 0 Å². The van der Waals surface area contributed by atoms with Gasteiger partial charge in [-0.05, 0) is 49.1 Å². The van der Waals surface area contributed by atoms with Crippen molar-refractivity contribution in [2.45, 2.75) is 50.2 Å². The number of carbonyl (C=O) groups excluding carboxylic acids is 1. The second kappa shape index (κ2) is 9.78. The standard InChI is InChI=1S/C30H28F3N5O2/c1-30(40,19-5-2-4-17(14-19)27(32)33)20-9-11-22(23(31)15-20)25-26-28(34)35-12-13-37(26)29(36-25)18-8-10-21-6-3-7-24(39)38(21)16-18/h2-6,9,11-15,18,21,27,40H,7-8,10,16H2,1H3,(H2,34,35)/t18-,21-,30?/m1/s1. The van der Waals surface area contributed by atoms with Crippen molar-refractivity contribution in [1.82, 2.24) is 19.3 Å². The first-order chi connectivity index (χ1) is 19.1. The average Bonchev–Trinajstić information content (AvgIpc) is 3.34. The van der Waals surface area contributed by atoms with Crippen LogP contribution in [0.3, 0.4) is 0 Å². The second-order valence-corrected chi connectivity index (χ2v) is 10.6. The Hall–Kier alpha value is -4.18. The van der Waals surface area contributed by atoms with Crippen molar-refractivity contribution in [1.29, 1.82) is 0 Å². The highest BCUT2D eigenvalue weighted by molar-refractivity contribution is 5.86. The molecule has 7 nitrogen and oxygen atoms in total. The van der Waals surface area contributed by atoms with E-state index in [0.29, 0.717) is 30.0 Å². The van der Waals surface area contributed by atoms with Crippen molar-refractivity contribution < 1.29 is 23.1 Å². The minimum atomic E-state index is -2.70. The number of nitrogen functional groups attached to an aromatic ring is 1. The van der Waals surface area contributed by atoms with Gasteiger partial charge in [0.05, 0.1) is 6.04 Å². The highest BCUT2D eigenvalue weighted by Gasteiger charge is 2.35. The number of anilines is 1. The van der Waals surface area contributed by atoms with E-state index in [0.717, 1.165) is 12.8 Å². The van der Waals surface area contributed by atoms with Crippen molar-refractivity contribution in [3.63, 3.8) is 0 Å². The number of nitrogens with two attached hydrogens (primary N) is 1. The summed E-state index contributed by atoms with van der Waals surface area (Å²) in [7, 11) is 0. The summed E-state index contributed by atoms with van der Waals surface area (Å²) in [6, 6.07) is 9.77. The molecule has 3 N–H and O–H groups in total. The van der Waals surface area contributed by atoms with Gasteiger partial charge in [0.15, 0.2) is 0 Å². The Morgan fingerprint density at radius 1 is 1.15 bits per heavy atom. The zero-order chi connectivity index (χ0) is 28.2. The topological polar surface area (TPSA) is 96.8 Å². The molecule has 4 aromatic rings. The third-order valence-electron chi connectivity index (χ3n) is 8.06. The van der Waals surface area contributed by atoms with Gasteiger partial charge in [-0.2, -0.15) is 0 Å². The lowest BCUT2D eigenvalue weighted by Crippen LogP contribution is -2.47. The summed E-state index contributed by atoms with van der Waals surface area (Å²) >= 11 is 0. The van der Waals surface area contributed by atoms with Crippen LogP contribution in [0, 0.1) is 5.82 Å². The maximum Gasteiger partial charge on any atom is 0.263 e. The van der Waals surface area contributed by atoms with E-state index in [1.54, 1.807) is 18.5 Å². The van der Waals surface area contributed by atoms with E-state index in [9.17, 15) is 18.7 Å². The third kappa shape index (κ3) is 4.32. The molecule has 0 radical (unpaired) electrons. The molecule has 1 fully saturated rings. The molecular formula is C30H28F3N5O2. The minimum absolute atomic E-state index is 0.0761. The van der Waals surface area contributed by atoms with Crippen LogP contribution in [0.15, 0.2) is 67.0 Å². The number of hydrogen-bond acceptors (Lipinski definition) is 5. The summed E-state index contributed by atoms with van der Waals surface area (Å²) < 4.78 is 44.1. The number of imidazole rings is 1. The smallest absolute Gasteiger partial charge is 0.263 e. The molecular weight excluding hydrogens is 519 g/mol. The van der Waals surface area contributed by atoms with Gasteiger partial charge in [-0.1, -0.05) is 36.4 Å². The molecule has 40 heavy (non-hydrogen) atoms. The van der Waals surface area contributed by atoms with Gasteiger partial charge in [-0.25, -0.2) is 23.1 Å². The van der Waals surface area contributed by atoms with E-state index in [1.165, 1.54) is 43.3 Å². The number of hydrogen-bond donors (Lipinski definition) is 2. The van der Waals surface area contributed by atoms with Crippen LogP contribution >= 0.6 is 0 Å². The molecule has 2 aliphatic heterocycles. The minimum Gasteiger partial charge on any atom is -0.382 e. The summed E-state index contributed by atoms with van der Waals surface area (Å²) in [5.41, 5.74) is 5.64. The number of carbonyl (C=O) groups is 1. The summed E-state index contributed by atoms with van der Waals surface area (Å²) in [5.74, 6) is 0.185. The lowest BCUT2D eigenvalue weighted by Gasteiger charge is -2.39. The van der Waals surface area contributed by atoms with Crippen LogP contribution in [0.2, 0.25) is 0 Å². The largest absolute Gasteiger partial charge is 0.382 e. The van der Waals surface area contributed by atoms with Crippen LogP contribution in [0.25, 0.3) is 16.8 Å². The number of piperidine rings is 1. The maximum atomic E-state index is 15.8. The molecule has 6 rings (SSSR count). The lowest BCUT2D eigenvalue weighted by atomic mass is 9.86. The van der Waals surface area contributed by atoms with Crippen molar-refractivity contribution in [3.05, 3.63) is 95.3 Å². The highest BCUT2D eigenvalue weighted by atomic mass is 19.3. The fourth-order valence-corrected chi connectivity index (χ4v) is 5.85. The molecule has 3 atom stereocenters. The normalized spacial score (nSPS) is 20.6. The zero-order valence-corrected chi connectivity index (χ0v) is 21.8. The molecule has 0 spiro atoms. The number of fused-ring (bicyclic) bond motifs is 2. The Balaban J connectivity index is 1.40. The molecule has 0 bridgehead atoms. The molecule has 4 heterocycles. The van der Waals surface area contributed by atoms with Crippen LogP contribution in [-0.4, -0.2) is 42.9 Å². The van der Waals surface area contributed by atoms with Gasteiger partial charge in [-0.15, -0.1) is 0 Å². The summed E-state index contributed by atoms with van der Waals surface area (Å²) in [6.07, 6.45) is 6.54. The van der Waals surface area contributed by atoms with Crippen LogP contribution < -0.4 is 5.73 Å². The first-order valence-electron chi connectivity index (χ1n) is 13.1. The van der Waals surface area contributed by atoms with Gasteiger partial charge in [-0.3, -0.25) is 9.20 Å². The number of alkyl halides is 2. The van der Waals surface area contributed by atoms with Crippen LogP contribution in [0.1, 0.15) is 61.0 Å². The molecule has 0 aliphatic carbocycles.